The van der Waals surface area contributed by atoms with Crippen molar-refractivity contribution in [2.45, 2.75) is 12.6 Å². The van der Waals surface area contributed by atoms with Crippen LogP contribution in [0.15, 0.2) is 54.6 Å². The molecule has 2 aromatic rings. The Morgan fingerprint density at radius 1 is 0.879 bits per heavy atom. The molecule has 9 heteroatoms. The van der Waals surface area contributed by atoms with Gasteiger partial charge in [-0.1, -0.05) is 30.4 Å². The zero-order valence-corrected chi connectivity index (χ0v) is 17.8. The second kappa shape index (κ2) is 11.7. The van der Waals surface area contributed by atoms with Gasteiger partial charge in [0.2, 0.25) is 0 Å². The van der Waals surface area contributed by atoms with Gasteiger partial charge in [0.05, 0.1) is 26.2 Å². The smallest absolute Gasteiger partial charge is 0.416 e. The predicted octanol–water partition coefficient (Wildman–Crippen LogP) is 4.52. The highest BCUT2D eigenvalue weighted by Crippen LogP contribution is 2.30. The first kappa shape index (κ1) is 25.4. The number of alkyl halides is 3. The van der Waals surface area contributed by atoms with Crippen LogP contribution in [0.25, 0.3) is 12.2 Å². The maximum absolute atomic E-state index is 12.7. The number of carbonyl (C=O) groups excluding carboxylic acids is 3. The molecule has 0 unspecified atom stereocenters. The summed E-state index contributed by atoms with van der Waals surface area (Å²) in [5.74, 6) is -0.960. The molecule has 6 nitrogen and oxygen atoms in total. The molecule has 0 saturated heterocycles. The van der Waals surface area contributed by atoms with Gasteiger partial charge < -0.3 is 14.2 Å². The van der Waals surface area contributed by atoms with Crippen LogP contribution >= 0.6 is 0 Å². The minimum atomic E-state index is -4.48. The van der Waals surface area contributed by atoms with Crippen LogP contribution in [-0.2, 0) is 25.3 Å². The fourth-order valence-electron chi connectivity index (χ4n) is 2.59. The summed E-state index contributed by atoms with van der Waals surface area (Å²) in [6.45, 7) is -0.295. The van der Waals surface area contributed by atoms with Crippen LogP contribution in [0.4, 0.5) is 13.2 Å². The molecule has 2 rings (SSSR count). The van der Waals surface area contributed by atoms with E-state index in [4.69, 9.17) is 9.47 Å². The molecule has 174 valence electrons. The molecule has 33 heavy (non-hydrogen) atoms. The van der Waals surface area contributed by atoms with Crippen molar-refractivity contribution in [3.05, 3.63) is 71.3 Å². The molecule has 0 aliphatic rings. The van der Waals surface area contributed by atoms with E-state index in [9.17, 15) is 27.6 Å². The van der Waals surface area contributed by atoms with E-state index in [1.54, 1.807) is 18.2 Å². The molecule has 0 amide bonds. The number of ether oxygens (including phenoxy) is 3. The average Bonchev–Trinajstić information content (AvgIpc) is 2.79. The van der Waals surface area contributed by atoms with Crippen molar-refractivity contribution < 1.29 is 41.8 Å². The fourth-order valence-corrected chi connectivity index (χ4v) is 2.59. The highest BCUT2D eigenvalue weighted by molar-refractivity contribution is 6.10. The molecule has 0 bridgehead atoms. The molecule has 0 aromatic heterocycles. The fraction of sp³-hybridized carbons (Fsp3) is 0.208. The van der Waals surface area contributed by atoms with E-state index in [1.807, 2.05) is 0 Å². The van der Waals surface area contributed by atoms with E-state index < -0.39 is 35.7 Å². The summed E-state index contributed by atoms with van der Waals surface area (Å²) in [6, 6.07) is 9.25. The largest absolute Gasteiger partial charge is 0.493 e. The lowest BCUT2D eigenvalue weighted by atomic mass is 10.1. The SMILES string of the molecule is COC(=O)COc1ccc(/C=C/C(=O)CC(=O)/C=C/c2cccc(C(F)(F)F)c2)cc1OC. The maximum Gasteiger partial charge on any atom is 0.416 e. The summed E-state index contributed by atoms with van der Waals surface area (Å²) >= 11 is 0. The van der Waals surface area contributed by atoms with Gasteiger partial charge in [0.1, 0.15) is 0 Å². The van der Waals surface area contributed by atoms with Gasteiger partial charge in [-0.2, -0.15) is 13.2 Å². The number of rotatable bonds is 10. The molecule has 0 aliphatic carbocycles. The van der Waals surface area contributed by atoms with Gasteiger partial charge in [0.15, 0.2) is 29.7 Å². The molecular formula is C24H21F3O6. The molecule has 0 N–H and O–H groups in total. The number of carbonyl (C=O) groups is 3. The molecule has 0 aliphatic heterocycles. The summed E-state index contributed by atoms with van der Waals surface area (Å²) in [5, 5.41) is 0. The second-order valence-electron chi connectivity index (χ2n) is 6.67. The van der Waals surface area contributed by atoms with Crippen molar-refractivity contribution in [3.63, 3.8) is 0 Å². The summed E-state index contributed by atoms with van der Waals surface area (Å²) in [7, 11) is 2.65. The minimum Gasteiger partial charge on any atom is -0.493 e. The summed E-state index contributed by atoms with van der Waals surface area (Å²) in [4.78, 5) is 35.2. The van der Waals surface area contributed by atoms with Crippen molar-refractivity contribution >= 4 is 29.7 Å². The third kappa shape index (κ3) is 8.29. The maximum atomic E-state index is 12.7. The van der Waals surface area contributed by atoms with Crippen molar-refractivity contribution in [1.29, 1.82) is 0 Å². The van der Waals surface area contributed by atoms with Crippen LogP contribution in [-0.4, -0.2) is 38.4 Å². The second-order valence-corrected chi connectivity index (χ2v) is 6.67. The molecule has 0 atom stereocenters. The molecular weight excluding hydrogens is 441 g/mol. The first-order valence-electron chi connectivity index (χ1n) is 9.59. The van der Waals surface area contributed by atoms with E-state index in [2.05, 4.69) is 4.74 Å². The number of methoxy groups -OCH3 is 2. The Labute approximate surface area is 188 Å². The number of allylic oxidation sites excluding steroid dienone is 2. The molecule has 0 fully saturated rings. The van der Waals surface area contributed by atoms with Crippen LogP contribution in [0.5, 0.6) is 11.5 Å². The van der Waals surface area contributed by atoms with Crippen LogP contribution < -0.4 is 9.47 Å². The van der Waals surface area contributed by atoms with E-state index in [-0.39, 0.29) is 12.2 Å². The van der Waals surface area contributed by atoms with Crippen molar-refractivity contribution in [3.8, 4) is 11.5 Å². The molecule has 0 radical (unpaired) electrons. The standard InChI is InChI=1S/C24H21F3O6/c1-31-22-13-17(8-11-21(22)33-15-23(30)32-2)7-10-20(29)14-19(28)9-6-16-4-3-5-18(12-16)24(25,26)27/h3-13H,14-15H2,1-2H3/b9-6+,10-7+. The number of hydrogen-bond acceptors (Lipinski definition) is 6. The van der Waals surface area contributed by atoms with Gasteiger partial charge in [0, 0.05) is 0 Å². The Bertz CT molecular complexity index is 1070. The Morgan fingerprint density at radius 2 is 1.52 bits per heavy atom. The highest BCUT2D eigenvalue weighted by atomic mass is 19.4. The Morgan fingerprint density at radius 3 is 2.09 bits per heavy atom. The monoisotopic (exact) mass is 462 g/mol. The number of esters is 1. The van der Waals surface area contributed by atoms with E-state index in [0.717, 1.165) is 18.2 Å². The molecule has 0 spiro atoms. The summed E-state index contributed by atoms with van der Waals surface area (Å²) < 4.78 is 53.2. The zero-order chi connectivity index (χ0) is 24.4. The van der Waals surface area contributed by atoms with Gasteiger partial charge in [-0.3, -0.25) is 9.59 Å². The van der Waals surface area contributed by atoms with Gasteiger partial charge in [-0.05, 0) is 47.5 Å². The van der Waals surface area contributed by atoms with E-state index >= 15 is 0 Å². The lowest BCUT2D eigenvalue weighted by molar-refractivity contribution is -0.143. The van der Waals surface area contributed by atoms with Crippen molar-refractivity contribution in [2.75, 3.05) is 20.8 Å². The third-order valence-corrected chi connectivity index (χ3v) is 4.25. The summed E-state index contributed by atoms with van der Waals surface area (Å²) in [5.41, 5.74) is -0.0476. The number of halogens is 3. The summed E-state index contributed by atoms with van der Waals surface area (Å²) in [6.07, 6.45) is 0.0507. The first-order chi connectivity index (χ1) is 15.6. The van der Waals surface area contributed by atoms with E-state index in [1.165, 1.54) is 44.6 Å². The van der Waals surface area contributed by atoms with Gasteiger partial charge in [0.25, 0.3) is 0 Å². The van der Waals surface area contributed by atoms with Crippen LogP contribution in [0.3, 0.4) is 0 Å². The Hall–Kier alpha value is -3.88. The van der Waals surface area contributed by atoms with Gasteiger partial charge in [-0.15, -0.1) is 0 Å². The third-order valence-electron chi connectivity index (χ3n) is 4.25. The first-order valence-corrected chi connectivity index (χ1v) is 9.59. The van der Waals surface area contributed by atoms with E-state index in [0.29, 0.717) is 17.1 Å². The van der Waals surface area contributed by atoms with Crippen LogP contribution in [0, 0.1) is 0 Å². The lowest BCUT2D eigenvalue weighted by Crippen LogP contribution is -2.12. The minimum absolute atomic E-state index is 0.197. The zero-order valence-electron chi connectivity index (χ0n) is 17.8. The quantitative estimate of drug-likeness (QED) is 0.294. The molecule has 2 aromatic carbocycles. The van der Waals surface area contributed by atoms with Crippen molar-refractivity contribution in [1.82, 2.24) is 0 Å². The molecule has 0 heterocycles. The predicted molar refractivity (Wildman–Crippen MR) is 115 cm³/mol. The topological polar surface area (TPSA) is 78.9 Å². The average molecular weight is 462 g/mol. The number of benzene rings is 2. The van der Waals surface area contributed by atoms with Crippen LogP contribution in [0.2, 0.25) is 0 Å². The molecule has 0 saturated carbocycles. The van der Waals surface area contributed by atoms with Gasteiger partial charge >= 0.3 is 12.1 Å². The number of hydrogen-bond donors (Lipinski definition) is 0. The van der Waals surface area contributed by atoms with Gasteiger partial charge in [-0.25, -0.2) is 4.79 Å². The van der Waals surface area contributed by atoms with Crippen LogP contribution in [0.1, 0.15) is 23.1 Å². The number of ketones is 2. The normalized spacial score (nSPS) is 11.5. The van der Waals surface area contributed by atoms with Crippen molar-refractivity contribution in [2.24, 2.45) is 0 Å². The Kier molecular flexibility index (Phi) is 8.97. The lowest BCUT2D eigenvalue weighted by Gasteiger charge is -2.10. The highest BCUT2D eigenvalue weighted by Gasteiger charge is 2.30. The Balaban J connectivity index is 1.97.